The zero-order valence-electron chi connectivity index (χ0n) is 44.9. The Bertz CT molecular complexity index is 1190. The largest absolute Gasteiger partial charge is 0.477 e. The third-order valence-electron chi connectivity index (χ3n) is 13.0. The van der Waals surface area contributed by atoms with E-state index in [4.69, 9.17) is 14.2 Å². The number of esters is 2. The van der Waals surface area contributed by atoms with Crippen LogP contribution in [-0.4, -0.2) is 80.6 Å². The molecule has 2 unspecified atom stereocenters. The molecule has 0 bridgehead atoms. The summed E-state index contributed by atoms with van der Waals surface area (Å²) in [5, 5.41) is 9.67. The first-order chi connectivity index (χ1) is 32.6. The number of ether oxygens (including phenoxy) is 3. The molecule has 0 fully saturated rings. The summed E-state index contributed by atoms with van der Waals surface area (Å²) >= 11 is 0. The van der Waals surface area contributed by atoms with Crippen LogP contribution in [0.5, 0.6) is 0 Å². The van der Waals surface area contributed by atoms with Gasteiger partial charge in [-0.3, -0.25) is 9.59 Å². The predicted octanol–water partition coefficient (Wildman–Crippen LogP) is 16.9. The van der Waals surface area contributed by atoms with Gasteiger partial charge in [0.1, 0.15) is 6.61 Å². The van der Waals surface area contributed by atoms with E-state index in [2.05, 4.69) is 50.3 Å². The first kappa shape index (κ1) is 64.5. The third kappa shape index (κ3) is 48.4. The molecule has 8 heteroatoms. The van der Waals surface area contributed by atoms with Crippen molar-refractivity contribution in [3.8, 4) is 0 Å². The van der Waals surface area contributed by atoms with Crippen LogP contribution in [0.2, 0.25) is 0 Å². The molecule has 0 aromatic rings. The summed E-state index contributed by atoms with van der Waals surface area (Å²) in [6.07, 6.45) is 60.6. The summed E-state index contributed by atoms with van der Waals surface area (Å²) in [5.74, 6) is -1.47. The standard InChI is InChI=1S/C59H109NO7/c1-6-8-10-12-14-16-18-20-22-24-26-28-29-30-32-33-35-37-39-41-43-45-47-49-57(61)66-54-55(53-65-52-51-56(59(63)64)60(3,4)5)67-58(62)50-48-46-44-42-40-38-36-34-31-27-25-23-21-19-17-15-13-11-9-7-2/h26-28,30-32,55-56H,6-25,29,33-54H2,1-5H3/p+1/b28-26+,31-27+,32-30+. The maximum atomic E-state index is 12.8. The third-order valence-corrected chi connectivity index (χ3v) is 13.0. The number of carbonyl (C=O) groups excluding carboxylic acids is 2. The molecule has 0 radical (unpaired) electrons. The van der Waals surface area contributed by atoms with Crippen LogP contribution < -0.4 is 0 Å². The Morgan fingerprint density at radius 1 is 0.448 bits per heavy atom. The minimum Gasteiger partial charge on any atom is -0.477 e. The molecule has 0 saturated carbocycles. The maximum absolute atomic E-state index is 12.8. The molecule has 392 valence electrons. The molecule has 1 N–H and O–H groups in total. The summed E-state index contributed by atoms with van der Waals surface area (Å²) in [6, 6.07) is -0.617. The molecule has 67 heavy (non-hydrogen) atoms. The Kier molecular flexibility index (Phi) is 48.1. The molecule has 0 aliphatic heterocycles. The highest BCUT2D eigenvalue weighted by Crippen LogP contribution is 2.16. The van der Waals surface area contributed by atoms with Gasteiger partial charge in [0.25, 0.3) is 0 Å². The second kappa shape index (κ2) is 50.0. The van der Waals surface area contributed by atoms with Crippen LogP contribution in [0, 0.1) is 0 Å². The minimum atomic E-state index is -0.874. The minimum absolute atomic E-state index is 0.0548. The Balaban J connectivity index is 4.19. The van der Waals surface area contributed by atoms with Crippen molar-refractivity contribution >= 4 is 17.9 Å². The number of hydrogen-bond acceptors (Lipinski definition) is 6. The molecule has 0 aliphatic carbocycles. The summed E-state index contributed by atoms with van der Waals surface area (Å²) in [5.41, 5.74) is 0. The molecule has 2 atom stereocenters. The predicted molar refractivity (Wildman–Crippen MR) is 285 cm³/mol. The molecule has 0 saturated heterocycles. The summed E-state index contributed by atoms with van der Waals surface area (Å²) in [4.78, 5) is 37.3. The lowest BCUT2D eigenvalue weighted by atomic mass is 10.1. The van der Waals surface area contributed by atoms with E-state index in [1.165, 1.54) is 186 Å². The van der Waals surface area contributed by atoms with Crippen molar-refractivity contribution in [2.75, 3.05) is 41.0 Å². The second-order valence-electron chi connectivity index (χ2n) is 20.5. The van der Waals surface area contributed by atoms with Crippen LogP contribution >= 0.6 is 0 Å². The number of likely N-dealkylation sites (N-methyl/N-ethyl adjacent to an activating group) is 1. The van der Waals surface area contributed by atoms with E-state index in [9.17, 15) is 19.5 Å². The van der Waals surface area contributed by atoms with Gasteiger partial charge in [-0.25, -0.2) is 4.79 Å². The van der Waals surface area contributed by atoms with Crippen molar-refractivity contribution in [2.45, 2.75) is 283 Å². The topological polar surface area (TPSA) is 99.1 Å². The fourth-order valence-corrected chi connectivity index (χ4v) is 8.59. The molecule has 0 heterocycles. The van der Waals surface area contributed by atoms with E-state index < -0.39 is 18.1 Å². The number of unbranched alkanes of at least 4 members (excludes halogenated alkanes) is 32. The highest BCUT2D eigenvalue weighted by molar-refractivity contribution is 5.72. The van der Waals surface area contributed by atoms with Crippen molar-refractivity contribution in [2.24, 2.45) is 0 Å². The highest BCUT2D eigenvalue weighted by atomic mass is 16.6. The number of carbonyl (C=O) groups is 3. The molecule has 0 spiro atoms. The number of nitrogens with zero attached hydrogens (tertiary/aromatic N) is 1. The van der Waals surface area contributed by atoms with Gasteiger partial charge in [-0.05, 0) is 70.6 Å². The monoisotopic (exact) mass is 945 g/mol. The molecule has 0 aromatic carbocycles. The van der Waals surface area contributed by atoms with Gasteiger partial charge in [-0.1, -0.05) is 217 Å². The number of rotatable bonds is 52. The average Bonchev–Trinajstić information content (AvgIpc) is 3.29. The van der Waals surface area contributed by atoms with Gasteiger partial charge in [0.05, 0.1) is 34.4 Å². The van der Waals surface area contributed by atoms with E-state index in [-0.39, 0.29) is 36.2 Å². The van der Waals surface area contributed by atoms with Crippen LogP contribution in [0.1, 0.15) is 271 Å². The van der Waals surface area contributed by atoms with Gasteiger partial charge in [0.2, 0.25) is 0 Å². The number of carboxylic acid groups (broad SMARTS) is 1. The number of aliphatic carboxylic acids is 1. The Morgan fingerprint density at radius 3 is 1.16 bits per heavy atom. The lowest BCUT2D eigenvalue weighted by Gasteiger charge is -2.31. The fraction of sp³-hybridized carbons (Fsp3) is 0.847. The van der Waals surface area contributed by atoms with E-state index >= 15 is 0 Å². The number of hydrogen-bond donors (Lipinski definition) is 1. The first-order valence-corrected chi connectivity index (χ1v) is 28.5. The Labute approximate surface area is 414 Å². The molecule has 8 nitrogen and oxygen atoms in total. The molecule has 0 amide bonds. The van der Waals surface area contributed by atoms with E-state index in [0.29, 0.717) is 19.3 Å². The second-order valence-corrected chi connectivity index (χ2v) is 20.5. The highest BCUT2D eigenvalue weighted by Gasteiger charge is 2.31. The Hall–Kier alpha value is -2.45. The first-order valence-electron chi connectivity index (χ1n) is 28.5. The fourth-order valence-electron chi connectivity index (χ4n) is 8.59. The van der Waals surface area contributed by atoms with Gasteiger partial charge >= 0.3 is 17.9 Å². The van der Waals surface area contributed by atoms with Crippen molar-refractivity contribution in [3.05, 3.63) is 36.5 Å². The molecule has 0 aliphatic rings. The van der Waals surface area contributed by atoms with Gasteiger partial charge in [-0.15, -0.1) is 0 Å². The molecule has 0 rings (SSSR count). The number of carboxylic acids is 1. The van der Waals surface area contributed by atoms with Crippen LogP contribution in [0.3, 0.4) is 0 Å². The average molecular weight is 946 g/mol. The van der Waals surface area contributed by atoms with E-state index in [0.717, 1.165) is 51.4 Å². The van der Waals surface area contributed by atoms with Crippen molar-refractivity contribution < 1.29 is 38.2 Å². The van der Waals surface area contributed by atoms with Crippen molar-refractivity contribution in [1.29, 1.82) is 0 Å². The normalized spacial score (nSPS) is 13.0. The number of quaternary nitrogens is 1. The Morgan fingerprint density at radius 2 is 0.791 bits per heavy atom. The lowest BCUT2D eigenvalue weighted by Crippen LogP contribution is -2.50. The van der Waals surface area contributed by atoms with Crippen LogP contribution in [0.25, 0.3) is 0 Å². The summed E-state index contributed by atoms with van der Waals surface area (Å²) in [7, 11) is 5.54. The zero-order chi connectivity index (χ0) is 49.2. The van der Waals surface area contributed by atoms with E-state index in [1.807, 2.05) is 21.1 Å². The van der Waals surface area contributed by atoms with Crippen LogP contribution in [0.15, 0.2) is 36.5 Å². The van der Waals surface area contributed by atoms with Gasteiger partial charge in [0, 0.05) is 19.3 Å². The van der Waals surface area contributed by atoms with Crippen LogP contribution in [0.4, 0.5) is 0 Å². The summed E-state index contributed by atoms with van der Waals surface area (Å²) < 4.78 is 17.4. The quantitative estimate of drug-likeness (QED) is 0.0281. The van der Waals surface area contributed by atoms with Crippen molar-refractivity contribution in [1.82, 2.24) is 0 Å². The van der Waals surface area contributed by atoms with Gasteiger partial charge in [0.15, 0.2) is 12.1 Å². The SMILES string of the molecule is CCCCCCCCCCC/C=C/C/C=C/CCCCCCCCCC(=O)OCC(COCCC(C(=O)O)[N+](C)(C)C)OC(=O)CCCCCCCCC/C=C/CCCCCCCCCCC. The lowest BCUT2D eigenvalue weighted by molar-refractivity contribution is -0.887. The van der Waals surface area contributed by atoms with Crippen molar-refractivity contribution in [3.63, 3.8) is 0 Å². The smallest absolute Gasteiger partial charge is 0.362 e. The number of allylic oxidation sites excluding steroid dienone is 6. The molecular formula is C59H110NO7+. The molecule has 0 aromatic heterocycles. The van der Waals surface area contributed by atoms with Crippen LogP contribution in [-0.2, 0) is 28.6 Å². The van der Waals surface area contributed by atoms with E-state index in [1.54, 1.807) is 0 Å². The van der Waals surface area contributed by atoms with Gasteiger partial charge in [-0.2, -0.15) is 0 Å². The summed E-state index contributed by atoms with van der Waals surface area (Å²) in [6.45, 7) is 4.77. The molecular weight excluding hydrogens is 835 g/mol. The zero-order valence-corrected chi connectivity index (χ0v) is 44.9. The maximum Gasteiger partial charge on any atom is 0.362 e. The van der Waals surface area contributed by atoms with Gasteiger partial charge < -0.3 is 23.8 Å².